The lowest BCUT2D eigenvalue weighted by molar-refractivity contribution is -0.148. The van der Waals surface area contributed by atoms with Gasteiger partial charge in [0, 0.05) is 16.6 Å². The molecule has 0 fully saturated rings. The number of hydrogen-bond donors (Lipinski definition) is 1. The molecule has 6 heteroatoms. The Morgan fingerprint density at radius 2 is 2.00 bits per heavy atom. The number of rotatable bonds is 5. The van der Waals surface area contributed by atoms with Gasteiger partial charge in [-0.1, -0.05) is 17.7 Å². The normalized spacial score (nSPS) is 12.2. The lowest BCUT2D eigenvalue weighted by atomic mass is 10.1. The predicted molar refractivity (Wildman–Crippen MR) is 101 cm³/mol. The third kappa shape index (κ3) is 5.32. The van der Waals surface area contributed by atoms with E-state index in [2.05, 4.69) is 21.2 Å². The van der Waals surface area contributed by atoms with Crippen molar-refractivity contribution in [1.82, 2.24) is 0 Å². The van der Waals surface area contributed by atoms with Gasteiger partial charge in [0.25, 0.3) is 5.91 Å². The molecule has 0 aliphatic carbocycles. The van der Waals surface area contributed by atoms with Crippen molar-refractivity contribution < 1.29 is 14.3 Å². The fraction of sp³-hybridized carbons (Fsp3) is 0.222. The largest absolute Gasteiger partial charge is 0.449 e. The van der Waals surface area contributed by atoms with Crippen molar-refractivity contribution in [1.29, 1.82) is 0 Å². The van der Waals surface area contributed by atoms with Crippen molar-refractivity contribution in [3.63, 3.8) is 0 Å². The minimum Gasteiger partial charge on any atom is -0.449 e. The molecule has 0 aliphatic rings. The summed E-state index contributed by atoms with van der Waals surface area (Å²) in [6, 6.07) is 9.52. The van der Waals surface area contributed by atoms with E-state index in [0.29, 0.717) is 5.69 Å². The number of hydrogen-bond acceptors (Lipinski definition) is 4. The van der Waals surface area contributed by atoms with Gasteiger partial charge in [-0.25, -0.2) is 4.79 Å². The van der Waals surface area contributed by atoms with Gasteiger partial charge >= 0.3 is 5.97 Å². The van der Waals surface area contributed by atoms with E-state index in [1.807, 2.05) is 44.2 Å². The van der Waals surface area contributed by atoms with E-state index in [9.17, 15) is 9.59 Å². The molecule has 1 amide bonds. The number of anilines is 1. The standard InChI is InChI=1S/C18H18BrNO3S/c1-11-4-7-15(12(2)10-11)20-18(22)13(3)23-17(21)9-6-14-5-8-16(19)24-14/h4-10,13H,1-3H3,(H,20,22)/b9-6+/t13-/m1/s1. The molecular formula is C18H18BrNO3S. The zero-order chi connectivity index (χ0) is 17.7. The quantitative estimate of drug-likeness (QED) is 0.576. The van der Waals surface area contributed by atoms with E-state index in [4.69, 9.17) is 4.74 Å². The Hall–Kier alpha value is -1.92. The number of esters is 1. The molecule has 1 heterocycles. The molecule has 0 radical (unpaired) electrons. The van der Waals surface area contributed by atoms with Crippen molar-refractivity contribution >= 4 is 50.9 Å². The maximum Gasteiger partial charge on any atom is 0.331 e. The van der Waals surface area contributed by atoms with Crippen LogP contribution in [0, 0.1) is 13.8 Å². The highest BCUT2D eigenvalue weighted by molar-refractivity contribution is 9.11. The minimum absolute atomic E-state index is 0.359. The molecule has 0 bridgehead atoms. The average Bonchev–Trinajstić information content (AvgIpc) is 2.93. The van der Waals surface area contributed by atoms with E-state index in [1.165, 1.54) is 17.4 Å². The van der Waals surface area contributed by atoms with Crippen molar-refractivity contribution in [2.75, 3.05) is 5.32 Å². The molecule has 0 saturated heterocycles. The van der Waals surface area contributed by atoms with Crippen LogP contribution in [0.2, 0.25) is 0 Å². The number of halogens is 1. The van der Waals surface area contributed by atoms with Gasteiger partial charge in [0.05, 0.1) is 3.79 Å². The van der Waals surface area contributed by atoms with Crippen LogP contribution in [-0.2, 0) is 14.3 Å². The Bertz CT molecular complexity index is 782. The zero-order valence-corrected chi connectivity index (χ0v) is 16.0. The van der Waals surface area contributed by atoms with Gasteiger partial charge in [-0.3, -0.25) is 4.79 Å². The molecule has 0 aliphatic heterocycles. The number of ether oxygens (including phenoxy) is 1. The van der Waals surface area contributed by atoms with Crippen molar-refractivity contribution in [3.05, 3.63) is 56.2 Å². The van der Waals surface area contributed by atoms with E-state index in [0.717, 1.165) is 19.8 Å². The summed E-state index contributed by atoms with van der Waals surface area (Å²) in [5.41, 5.74) is 2.80. The van der Waals surface area contributed by atoms with Crippen LogP contribution in [0.4, 0.5) is 5.69 Å². The number of carbonyl (C=O) groups is 2. The molecule has 0 spiro atoms. The van der Waals surface area contributed by atoms with Gasteiger partial charge in [0.15, 0.2) is 6.10 Å². The third-order valence-corrected chi connectivity index (χ3v) is 4.87. The number of carbonyl (C=O) groups excluding carboxylic acids is 2. The van der Waals surface area contributed by atoms with E-state index >= 15 is 0 Å². The maximum atomic E-state index is 12.1. The topological polar surface area (TPSA) is 55.4 Å². The first-order valence-corrected chi connectivity index (χ1v) is 8.98. The molecule has 1 aromatic carbocycles. The van der Waals surface area contributed by atoms with Crippen molar-refractivity contribution in [3.8, 4) is 0 Å². The monoisotopic (exact) mass is 407 g/mol. The van der Waals surface area contributed by atoms with Gasteiger partial charge in [-0.15, -0.1) is 11.3 Å². The summed E-state index contributed by atoms with van der Waals surface area (Å²) in [6.07, 6.45) is 2.10. The van der Waals surface area contributed by atoms with Gasteiger partial charge < -0.3 is 10.1 Å². The van der Waals surface area contributed by atoms with Crippen LogP contribution in [-0.4, -0.2) is 18.0 Å². The first kappa shape index (κ1) is 18.4. The molecular weight excluding hydrogens is 390 g/mol. The van der Waals surface area contributed by atoms with Crippen LogP contribution in [0.1, 0.15) is 22.9 Å². The smallest absolute Gasteiger partial charge is 0.331 e. The second-order valence-electron chi connectivity index (χ2n) is 5.36. The lowest BCUT2D eigenvalue weighted by Crippen LogP contribution is -2.29. The number of benzene rings is 1. The van der Waals surface area contributed by atoms with Gasteiger partial charge in [0.1, 0.15) is 0 Å². The summed E-state index contributed by atoms with van der Waals surface area (Å²) >= 11 is 4.86. The van der Waals surface area contributed by atoms with E-state index in [1.54, 1.807) is 13.0 Å². The third-order valence-electron chi connectivity index (χ3n) is 3.28. The second-order valence-corrected chi connectivity index (χ2v) is 7.86. The molecule has 1 atom stereocenters. The SMILES string of the molecule is Cc1ccc(NC(=O)[C@@H](C)OC(=O)/C=C/c2ccc(Br)s2)c(C)c1. The maximum absolute atomic E-state index is 12.1. The van der Waals surface area contributed by atoms with Crippen molar-refractivity contribution in [2.45, 2.75) is 26.9 Å². The predicted octanol–water partition coefficient (Wildman–Crippen LogP) is 4.71. The Morgan fingerprint density at radius 1 is 1.25 bits per heavy atom. The summed E-state index contributed by atoms with van der Waals surface area (Å²) in [5.74, 6) is -0.912. The van der Waals surface area contributed by atoms with Gasteiger partial charge in [0.2, 0.25) is 0 Å². The first-order valence-electron chi connectivity index (χ1n) is 7.37. The van der Waals surface area contributed by atoms with Crippen LogP contribution >= 0.6 is 27.3 Å². The summed E-state index contributed by atoms with van der Waals surface area (Å²) in [4.78, 5) is 24.9. The molecule has 1 aromatic heterocycles. The Labute approximate surface area is 153 Å². The molecule has 2 aromatic rings. The number of nitrogens with one attached hydrogen (secondary N) is 1. The summed E-state index contributed by atoms with van der Waals surface area (Å²) in [5, 5.41) is 2.78. The number of amides is 1. The molecule has 126 valence electrons. The highest BCUT2D eigenvalue weighted by Crippen LogP contribution is 2.23. The van der Waals surface area contributed by atoms with Gasteiger partial charge in [-0.2, -0.15) is 0 Å². The molecule has 1 N–H and O–H groups in total. The molecule has 0 unspecified atom stereocenters. The highest BCUT2D eigenvalue weighted by Gasteiger charge is 2.17. The highest BCUT2D eigenvalue weighted by atomic mass is 79.9. The first-order chi connectivity index (χ1) is 11.3. The minimum atomic E-state index is -0.877. The zero-order valence-electron chi connectivity index (χ0n) is 13.6. The second kappa shape index (κ2) is 8.26. The van der Waals surface area contributed by atoms with E-state index in [-0.39, 0.29) is 5.91 Å². The summed E-state index contributed by atoms with van der Waals surface area (Å²) in [6.45, 7) is 5.45. The van der Waals surface area contributed by atoms with Gasteiger partial charge in [-0.05, 0) is 66.5 Å². The van der Waals surface area contributed by atoms with Crippen LogP contribution in [0.25, 0.3) is 6.08 Å². The molecule has 4 nitrogen and oxygen atoms in total. The lowest BCUT2D eigenvalue weighted by Gasteiger charge is -2.14. The molecule has 2 rings (SSSR count). The van der Waals surface area contributed by atoms with Crippen LogP contribution < -0.4 is 5.32 Å². The number of aryl methyl sites for hydroxylation is 2. The Balaban J connectivity index is 1.90. The summed E-state index contributed by atoms with van der Waals surface area (Å²) in [7, 11) is 0. The van der Waals surface area contributed by atoms with Crippen LogP contribution in [0.15, 0.2) is 40.2 Å². The van der Waals surface area contributed by atoms with Crippen molar-refractivity contribution in [2.24, 2.45) is 0 Å². The molecule has 0 saturated carbocycles. The molecule has 24 heavy (non-hydrogen) atoms. The Morgan fingerprint density at radius 3 is 2.62 bits per heavy atom. The average molecular weight is 408 g/mol. The van der Waals surface area contributed by atoms with E-state index < -0.39 is 12.1 Å². The van der Waals surface area contributed by atoms with Crippen LogP contribution in [0.5, 0.6) is 0 Å². The number of thiophene rings is 1. The fourth-order valence-electron chi connectivity index (χ4n) is 2.02. The fourth-order valence-corrected chi connectivity index (χ4v) is 3.35. The van der Waals surface area contributed by atoms with Crippen LogP contribution in [0.3, 0.4) is 0 Å². The summed E-state index contributed by atoms with van der Waals surface area (Å²) < 4.78 is 6.11. The Kier molecular flexibility index (Phi) is 6.34.